The summed E-state index contributed by atoms with van der Waals surface area (Å²) in [5.41, 5.74) is 0.668. The van der Waals surface area contributed by atoms with Crippen LogP contribution >= 0.6 is 0 Å². The topological polar surface area (TPSA) is 80.3 Å². The second-order valence-electron chi connectivity index (χ2n) is 7.83. The summed E-state index contributed by atoms with van der Waals surface area (Å²) in [6, 6.07) is 5.29. The fraction of sp³-hybridized carbons (Fsp3) is 0.600. The number of rotatable bonds is 4. The zero-order valence-corrected chi connectivity index (χ0v) is 16.2. The fourth-order valence-electron chi connectivity index (χ4n) is 4.40. The molecule has 1 aromatic rings. The summed E-state index contributed by atoms with van der Waals surface area (Å²) in [7, 11) is 1.65. The Bertz CT molecular complexity index is 755. The predicted octanol–water partition coefficient (Wildman–Crippen LogP) is 2.30. The normalized spacial score (nSPS) is 24.0. The first-order chi connectivity index (χ1) is 13.6. The number of piperidine rings is 2. The van der Waals surface area contributed by atoms with E-state index in [2.05, 4.69) is 5.32 Å². The van der Waals surface area contributed by atoms with Crippen molar-refractivity contribution in [3.8, 4) is 11.5 Å². The third-order valence-electron chi connectivity index (χ3n) is 5.89. The van der Waals surface area contributed by atoms with E-state index in [0.717, 1.165) is 25.8 Å². The first kappa shape index (κ1) is 18.9. The van der Waals surface area contributed by atoms with Crippen LogP contribution in [0, 0.1) is 5.41 Å². The van der Waals surface area contributed by atoms with Gasteiger partial charge in [0.1, 0.15) is 0 Å². The summed E-state index contributed by atoms with van der Waals surface area (Å²) in [5.74, 6) is 1.52. The van der Waals surface area contributed by atoms with Gasteiger partial charge in [-0.15, -0.1) is 0 Å². The number of urea groups is 1. The monoisotopic (exact) mass is 389 g/mol. The lowest BCUT2D eigenvalue weighted by molar-refractivity contribution is -0.139. The van der Waals surface area contributed by atoms with Crippen molar-refractivity contribution < 1.29 is 23.8 Å². The van der Waals surface area contributed by atoms with Crippen molar-refractivity contribution in [1.29, 1.82) is 0 Å². The maximum atomic E-state index is 12.9. The molecule has 4 rings (SSSR count). The molecule has 3 heterocycles. The van der Waals surface area contributed by atoms with Crippen molar-refractivity contribution in [2.75, 3.05) is 52.0 Å². The van der Waals surface area contributed by atoms with Crippen LogP contribution in [0.1, 0.15) is 25.7 Å². The van der Waals surface area contributed by atoms with E-state index in [1.54, 1.807) is 19.2 Å². The van der Waals surface area contributed by atoms with Gasteiger partial charge in [-0.2, -0.15) is 0 Å². The highest BCUT2D eigenvalue weighted by Crippen LogP contribution is 2.39. The standard InChI is InChI=1S/C20H27N3O5/c1-26-10-9-22-12-20(7-5-18(22)24)6-2-8-23(13-20)19(25)21-15-3-4-16-17(11-15)28-14-27-16/h3-4,11H,2,5-10,12-14H2,1H3,(H,21,25)/t20-/m1/s1. The van der Waals surface area contributed by atoms with Crippen LogP contribution in [0.4, 0.5) is 10.5 Å². The van der Waals surface area contributed by atoms with Crippen molar-refractivity contribution in [2.45, 2.75) is 25.7 Å². The summed E-state index contributed by atoms with van der Waals surface area (Å²) < 4.78 is 15.8. The minimum atomic E-state index is -0.113. The number of benzene rings is 1. The van der Waals surface area contributed by atoms with Crippen LogP contribution in [-0.2, 0) is 9.53 Å². The fourth-order valence-corrected chi connectivity index (χ4v) is 4.40. The molecule has 1 aromatic carbocycles. The van der Waals surface area contributed by atoms with Crippen LogP contribution in [0.5, 0.6) is 11.5 Å². The molecule has 0 bridgehead atoms. The maximum Gasteiger partial charge on any atom is 0.321 e. The van der Waals surface area contributed by atoms with E-state index in [0.29, 0.717) is 49.8 Å². The lowest BCUT2D eigenvalue weighted by Crippen LogP contribution is -2.56. The Hall–Kier alpha value is -2.48. The number of nitrogens with zero attached hydrogens (tertiary/aromatic N) is 2. The minimum Gasteiger partial charge on any atom is -0.454 e. The number of likely N-dealkylation sites (tertiary alicyclic amines) is 2. The molecule has 0 radical (unpaired) electrons. The predicted molar refractivity (Wildman–Crippen MR) is 103 cm³/mol. The number of methoxy groups -OCH3 is 1. The first-order valence-electron chi connectivity index (χ1n) is 9.81. The van der Waals surface area contributed by atoms with Crippen molar-refractivity contribution in [3.63, 3.8) is 0 Å². The summed E-state index contributed by atoms with van der Waals surface area (Å²) in [5, 5.41) is 2.97. The summed E-state index contributed by atoms with van der Waals surface area (Å²) in [4.78, 5) is 28.9. The zero-order valence-electron chi connectivity index (χ0n) is 16.2. The Morgan fingerprint density at radius 2 is 2.11 bits per heavy atom. The molecule has 0 saturated carbocycles. The molecular weight excluding hydrogens is 362 g/mol. The van der Waals surface area contributed by atoms with Crippen LogP contribution in [0.3, 0.4) is 0 Å². The minimum absolute atomic E-state index is 0.0217. The second-order valence-corrected chi connectivity index (χ2v) is 7.83. The van der Waals surface area contributed by atoms with E-state index >= 15 is 0 Å². The second kappa shape index (κ2) is 7.87. The van der Waals surface area contributed by atoms with E-state index in [9.17, 15) is 9.59 Å². The molecule has 0 aliphatic carbocycles. The van der Waals surface area contributed by atoms with Crippen LogP contribution in [0.2, 0.25) is 0 Å². The molecule has 3 aliphatic heterocycles. The molecule has 152 valence electrons. The summed E-state index contributed by atoms with van der Waals surface area (Å²) in [6.45, 7) is 3.45. The largest absolute Gasteiger partial charge is 0.454 e. The highest BCUT2D eigenvalue weighted by atomic mass is 16.7. The first-order valence-corrected chi connectivity index (χ1v) is 9.81. The van der Waals surface area contributed by atoms with E-state index in [-0.39, 0.29) is 24.1 Å². The van der Waals surface area contributed by atoms with Gasteiger partial charge in [-0.25, -0.2) is 4.79 Å². The van der Waals surface area contributed by atoms with Gasteiger partial charge in [0, 0.05) is 56.9 Å². The van der Waals surface area contributed by atoms with E-state index < -0.39 is 0 Å². The molecule has 2 fully saturated rings. The Balaban J connectivity index is 1.40. The van der Waals surface area contributed by atoms with Crippen molar-refractivity contribution in [2.24, 2.45) is 5.41 Å². The number of carbonyl (C=O) groups excluding carboxylic acids is 2. The Morgan fingerprint density at radius 1 is 1.25 bits per heavy atom. The summed E-state index contributed by atoms with van der Waals surface area (Å²) >= 11 is 0. The van der Waals surface area contributed by atoms with Crippen molar-refractivity contribution in [1.82, 2.24) is 9.80 Å². The third-order valence-corrected chi connectivity index (χ3v) is 5.89. The van der Waals surface area contributed by atoms with Gasteiger partial charge in [-0.1, -0.05) is 0 Å². The van der Waals surface area contributed by atoms with Crippen LogP contribution in [-0.4, -0.2) is 68.4 Å². The van der Waals surface area contributed by atoms with Crippen LogP contribution < -0.4 is 14.8 Å². The van der Waals surface area contributed by atoms with Gasteiger partial charge in [0.25, 0.3) is 0 Å². The van der Waals surface area contributed by atoms with Gasteiger partial charge < -0.3 is 29.3 Å². The molecule has 3 aliphatic rings. The van der Waals surface area contributed by atoms with Gasteiger partial charge in [0.2, 0.25) is 12.7 Å². The molecule has 1 N–H and O–H groups in total. The highest BCUT2D eigenvalue weighted by Gasteiger charge is 2.42. The van der Waals surface area contributed by atoms with Gasteiger partial charge in [0.15, 0.2) is 11.5 Å². The maximum absolute atomic E-state index is 12.9. The molecule has 2 saturated heterocycles. The number of carbonyl (C=O) groups is 2. The number of nitrogens with one attached hydrogen (secondary N) is 1. The molecule has 3 amide bonds. The van der Waals surface area contributed by atoms with E-state index in [4.69, 9.17) is 14.2 Å². The quantitative estimate of drug-likeness (QED) is 0.855. The number of hydrogen-bond acceptors (Lipinski definition) is 5. The molecule has 0 unspecified atom stereocenters. The third kappa shape index (κ3) is 3.87. The van der Waals surface area contributed by atoms with E-state index in [1.807, 2.05) is 15.9 Å². The average molecular weight is 389 g/mol. The number of amides is 3. The molecule has 1 atom stereocenters. The molecular formula is C20H27N3O5. The van der Waals surface area contributed by atoms with Gasteiger partial charge >= 0.3 is 6.03 Å². The SMILES string of the molecule is COCCN1C[C@@]2(CCCN(C(=O)Nc3ccc4c(c3)OCO4)C2)CCC1=O. The Labute approximate surface area is 164 Å². The summed E-state index contributed by atoms with van der Waals surface area (Å²) in [6.07, 6.45) is 3.36. The lowest BCUT2D eigenvalue weighted by atomic mass is 9.73. The van der Waals surface area contributed by atoms with Gasteiger partial charge in [0.05, 0.1) is 6.61 Å². The Morgan fingerprint density at radius 3 is 2.96 bits per heavy atom. The Kier molecular flexibility index (Phi) is 5.30. The van der Waals surface area contributed by atoms with Crippen molar-refractivity contribution >= 4 is 17.6 Å². The number of anilines is 1. The van der Waals surface area contributed by atoms with Gasteiger partial charge in [-0.05, 0) is 31.4 Å². The van der Waals surface area contributed by atoms with Crippen molar-refractivity contribution in [3.05, 3.63) is 18.2 Å². The van der Waals surface area contributed by atoms with Crippen LogP contribution in [0.25, 0.3) is 0 Å². The molecule has 8 nitrogen and oxygen atoms in total. The molecule has 28 heavy (non-hydrogen) atoms. The number of hydrogen-bond donors (Lipinski definition) is 1. The van der Waals surface area contributed by atoms with Gasteiger partial charge in [-0.3, -0.25) is 4.79 Å². The average Bonchev–Trinajstić information content (AvgIpc) is 3.17. The van der Waals surface area contributed by atoms with Crippen LogP contribution in [0.15, 0.2) is 18.2 Å². The molecule has 1 spiro atoms. The number of ether oxygens (including phenoxy) is 3. The van der Waals surface area contributed by atoms with E-state index in [1.165, 1.54) is 0 Å². The molecule has 0 aromatic heterocycles. The molecule has 8 heteroatoms. The lowest BCUT2D eigenvalue weighted by Gasteiger charge is -2.48. The highest BCUT2D eigenvalue weighted by molar-refractivity contribution is 5.90. The smallest absolute Gasteiger partial charge is 0.321 e. The number of fused-ring (bicyclic) bond motifs is 1. The zero-order chi connectivity index (χ0) is 19.6.